The van der Waals surface area contributed by atoms with Crippen LogP contribution in [-0.4, -0.2) is 38.2 Å². The van der Waals surface area contributed by atoms with E-state index in [1.54, 1.807) is 29.2 Å². The molecule has 3 aromatic carbocycles. The van der Waals surface area contributed by atoms with Crippen LogP contribution in [-0.2, 0) is 21.4 Å². The van der Waals surface area contributed by atoms with Crippen molar-refractivity contribution in [2.24, 2.45) is 5.92 Å². The Bertz CT molecular complexity index is 1410. The largest absolute Gasteiger partial charge is 0.339 e. The van der Waals surface area contributed by atoms with Gasteiger partial charge in [0.2, 0.25) is 15.9 Å². The quantitative estimate of drug-likeness (QED) is 0.385. The molecule has 3 aromatic rings. The number of nitrogens with one attached hydrogen (secondary N) is 2. The standard InChI is InChI=1S/C26H24BrClFN3O4S/c27-21-3-1-2-4-24(21)31-25(33)18-11-13-32(14-12-18)26(34)19-7-5-17(6-8-19)16-30-37(35,36)20-9-10-23(29)22(28)15-20/h1-10,15,18,30H,11-14,16H2,(H,31,33). The van der Waals surface area contributed by atoms with E-state index in [4.69, 9.17) is 11.6 Å². The molecule has 4 rings (SSSR count). The first-order valence-electron chi connectivity index (χ1n) is 11.5. The third-order valence-corrected chi connectivity index (χ3v) is 8.53. The van der Waals surface area contributed by atoms with Crippen LogP contribution in [0.4, 0.5) is 10.1 Å². The van der Waals surface area contributed by atoms with Gasteiger partial charge < -0.3 is 10.2 Å². The second-order valence-corrected chi connectivity index (χ2v) is 11.7. The van der Waals surface area contributed by atoms with Crippen molar-refractivity contribution in [3.8, 4) is 0 Å². The Hall–Kier alpha value is -2.79. The third kappa shape index (κ3) is 6.75. The van der Waals surface area contributed by atoms with Crippen LogP contribution in [0.2, 0.25) is 5.02 Å². The molecule has 0 aromatic heterocycles. The molecular formula is C26H24BrClFN3O4S. The smallest absolute Gasteiger partial charge is 0.253 e. The zero-order valence-electron chi connectivity index (χ0n) is 19.6. The van der Waals surface area contributed by atoms with Gasteiger partial charge in [-0.3, -0.25) is 9.59 Å². The average molecular weight is 609 g/mol. The minimum atomic E-state index is -3.89. The van der Waals surface area contributed by atoms with Crippen LogP contribution in [0.25, 0.3) is 0 Å². The second-order valence-electron chi connectivity index (χ2n) is 8.63. The van der Waals surface area contributed by atoms with Gasteiger partial charge in [-0.25, -0.2) is 17.5 Å². The molecule has 7 nitrogen and oxygen atoms in total. The molecule has 0 saturated carbocycles. The van der Waals surface area contributed by atoms with Crippen LogP contribution in [0.5, 0.6) is 0 Å². The maximum Gasteiger partial charge on any atom is 0.253 e. The summed E-state index contributed by atoms with van der Waals surface area (Å²) in [6.45, 7) is 0.924. The van der Waals surface area contributed by atoms with Crippen molar-refractivity contribution in [3.05, 3.63) is 93.2 Å². The predicted octanol–water partition coefficient (Wildman–Crippen LogP) is 5.21. The summed E-state index contributed by atoms with van der Waals surface area (Å²) < 4.78 is 41.5. The Morgan fingerprint density at radius 3 is 2.35 bits per heavy atom. The number of benzene rings is 3. The number of hydrogen-bond donors (Lipinski definition) is 2. The zero-order valence-corrected chi connectivity index (χ0v) is 22.7. The number of carbonyl (C=O) groups is 2. The van der Waals surface area contributed by atoms with Gasteiger partial charge in [0.15, 0.2) is 0 Å². The molecule has 2 amide bonds. The maximum absolute atomic E-state index is 13.3. The molecule has 0 atom stereocenters. The summed E-state index contributed by atoms with van der Waals surface area (Å²) in [6.07, 6.45) is 1.13. The van der Waals surface area contributed by atoms with Gasteiger partial charge in [0.1, 0.15) is 5.82 Å². The number of amides is 2. The number of sulfonamides is 1. The minimum absolute atomic E-state index is 0.0101. The van der Waals surface area contributed by atoms with Gasteiger partial charge in [-0.15, -0.1) is 0 Å². The Balaban J connectivity index is 1.29. The molecule has 11 heteroatoms. The number of anilines is 1. The summed E-state index contributed by atoms with van der Waals surface area (Å²) >= 11 is 9.11. The molecule has 0 unspecified atom stereocenters. The predicted molar refractivity (Wildman–Crippen MR) is 143 cm³/mol. The topological polar surface area (TPSA) is 95.6 Å². The van der Waals surface area contributed by atoms with Gasteiger partial charge in [0, 0.05) is 35.6 Å². The first-order chi connectivity index (χ1) is 17.6. The Kier molecular flexibility index (Phi) is 8.63. The number of nitrogens with zero attached hydrogens (tertiary/aromatic N) is 1. The highest BCUT2D eigenvalue weighted by atomic mass is 79.9. The van der Waals surface area contributed by atoms with Gasteiger partial charge >= 0.3 is 0 Å². The van der Waals surface area contributed by atoms with E-state index in [0.717, 1.165) is 28.4 Å². The van der Waals surface area contributed by atoms with E-state index in [1.807, 2.05) is 24.3 Å². The fourth-order valence-electron chi connectivity index (χ4n) is 4.00. The van der Waals surface area contributed by atoms with Crippen LogP contribution >= 0.6 is 27.5 Å². The summed E-state index contributed by atoms with van der Waals surface area (Å²) in [5, 5.41) is 2.66. The number of hydrogen-bond acceptors (Lipinski definition) is 4. The highest BCUT2D eigenvalue weighted by Crippen LogP contribution is 2.25. The molecule has 0 aliphatic carbocycles. The van der Waals surface area contributed by atoms with Gasteiger partial charge in [0.05, 0.1) is 15.6 Å². The van der Waals surface area contributed by atoms with Crippen LogP contribution < -0.4 is 10.0 Å². The maximum atomic E-state index is 13.3. The molecule has 1 aliphatic rings. The van der Waals surface area contributed by atoms with Gasteiger partial charge in [-0.2, -0.15) is 0 Å². The van der Waals surface area contributed by atoms with Crippen LogP contribution in [0.3, 0.4) is 0 Å². The molecule has 1 heterocycles. The van der Waals surface area contributed by atoms with Crippen molar-refractivity contribution in [2.45, 2.75) is 24.3 Å². The van der Waals surface area contributed by atoms with Crippen molar-refractivity contribution in [1.82, 2.24) is 9.62 Å². The molecule has 0 spiro atoms. The van der Waals surface area contributed by atoms with E-state index in [9.17, 15) is 22.4 Å². The third-order valence-electron chi connectivity index (χ3n) is 6.15. The highest BCUT2D eigenvalue weighted by Gasteiger charge is 2.28. The van der Waals surface area contributed by atoms with Crippen LogP contribution in [0.1, 0.15) is 28.8 Å². The number of carbonyl (C=O) groups excluding carboxylic acids is 2. The van der Waals surface area contributed by atoms with E-state index in [0.29, 0.717) is 37.1 Å². The monoisotopic (exact) mass is 607 g/mol. The lowest BCUT2D eigenvalue weighted by Crippen LogP contribution is -2.41. The molecule has 0 radical (unpaired) electrons. The van der Waals surface area contributed by atoms with Crippen molar-refractivity contribution < 1.29 is 22.4 Å². The summed E-state index contributed by atoms with van der Waals surface area (Å²) in [5.74, 6) is -1.08. The first kappa shape index (κ1) is 27.3. The van der Waals surface area contributed by atoms with Crippen molar-refractivity contribution in [2.75, 3.05) is 18.4 Å². The fourth-order valence-corrected chi connectivity index (χ4v) is 5.67. The Morgan fingerprint density at radius 1 is 1.03 bits per heavy atom. The SMILES string of the molecule is O=C(Nc1ccccc1Br)C1CCN(C(=O)c2ccc(CNS(=O)(=O)c3ccc(F)c(Cl)c3)cc2)CC1. The van der Waals surface area contributed by atoms with E-state index in [-0.39, 0.29) is 34.2 Å². The highest BCUT2D eigenvalue weighted by molar-refractivity contribution is 9.10. The molecule has 0 bridgehead atoms. The molecule has 194 valence electrons. The molecular weight excluding hydrogens is 585 g/mol. The number of halogens is 3. The van der Waals surface area contributed by atoms with Gasteiger partial charge in [-0.05, 0) is 76.8 Å². The number of rotatable bonds is 7. The van der Waals surface area contributed by atoms with E-state index in [2.05, 4.69) is 26.0 Å². The zero-order chi connectivity index (χ0) is 26.6. The van der Waals surface area contributed by atoms with Gasteiger partial charge in [0.25, 0.3) is 5.91 Å². The van der Waals surface area contributed by atoms with Crippen LogP contribution in [0.15, 0.2) is 76.1 Å². The van der Waals surface area contributed by atoms with Crippen LogP contribution in [0, 0.1) is 11.7 Å². The minimum Gasteiger partial charge on any atom is -0.339 e. The van der Waals surface area contributed by atoms with E-state index in [1.165, 1.54) is 0 Å². The van der Waals surface area contributed by atoms with Crippen molar-refractivity contribution in [1.29, 1.82) is 0 Å². The lowest BCUT2D eigenvalue weighted by Gasteiger charge is -2.31. The summed E-state index contributed by atoms with van der Waals surface area (Å²) in [4.78, 5) is 27.2. The molecule has 1 aliphatic heterocycles. The Labute approximate surface area is 228 Å². The molecule has 37 heavy (non-hydrogen) atoms. The number of likely N-dealkylation sites (tertiary alicyclic amines) is 1. The lowest BCUT2D eigenvalue weighted by molar-refractivity contribution is -0.121. The first-order valence-corrected chi connectivity index (χ1v) is 14.2. The second kappa shape index (κ2) is 11.7. The number of para-hydroxylation sites is 1. The molecule has 1 fully saturated rings. The molecule has 2 N–H and O–H groups in total. The lowest BCUT2D eigenvalue weighted by atomic mass is 9.95. The normalized spacial score (nSPS) is 14.4. The van der Waals surface area contributed by atoms with Crippen molar-refractivity contribution in [3.63, 3.8) is 0 Å². The fraction of sp³-hybridized carbons (Fsp3) is 0.231. The Morgan fingerprint density at radius 2 is 1.70 bits per heavy atom. The number of piperidine rings is 1. The summed E-state index contributed by atoms with van der Waals surface area (Å²) in [7, 11) is -3.89. The molecule has 1 saturated heterocycles. The van der Waals surface area contributed by atoms with Crippen molar-refractivity contribution >= 4 is 55.1 Å². The average Bonchev–Trinajstić information content (AvgIpc) is 2.90. The summed E-state index contributed by atoms with van der Waals surface area (Å²) in [5.41, 5.74) is 1.85. The van der Waals surface area contributed by atoms with E-state index >= 15 is 0 Å². The summed E-state index contributed by atoms with van der Waals surface area (Å²) in [6, 6.07) is 17.2. The van der Waals surface area contributed by atoms with Gasteiger partial charge in [-0.1, -0.05) is 35.9 Å². The van der Waals surface area contributed by atoms with E-state index < -0.39 is 15.8 Å².